The fraction of sp³-hybridized carbons (Fsp3) is 0.0556. The van der Waals surface area contributed by atoms with Crippen LogP contribution in [0, 0.1) is 0 Å². The Labute approximate surface area is 136 Å². The number of hydrogen-bond acceptors (Lipinski definition) is 1. The Morgan fingerprint density at radius 1 is 0.619 bits per heavy atom. The molecule has 0 bridgehead atoms. The van der Waals surface area contributed by atoms with E-state index in [1.54, 1.807) is 12.3 Å². The second-order valence-corrected chi connectivity index (χ2v) is 4.27. The van der Waals surface area contributed by atoms with Crippen LogP contribution in [0.2, 0.25) is 5.15 Å². The van der Waals surface area contributed by atoms with E-state index < -0.39 is 0 Å². The van der Waals surface area contributed by atoms with Crippen molar-refractivity contribution in [3.8, 4) is 11.1 Å². The summed E-state index contributed by atoms with van der Waals surface area (Å²) >= 11 is 10.1. The van der Waals surface area contributed by atoms with Crippen LogP contribution in [-0.2, 0) is 0 Å². The van der Waals surface area contributed by atoms with Crippen LogP contribution in [0.3, 0.4) is 0 Å². The predicted molar refractivity (Wildman–Crippen MR) is 92.9 cm³/mol. The quantitative estimate of drug-likeness (QED) is 0.399. The molecule has 3 rings (SSSR count). The molecule has 1 aromatic heterocycles. The van der Waals surface area contributed by atoms with Crippen molar-refractivity contribution < 1.29 is 0 Å². The molecular formula is C18H17Cl2N. The van der Waals surface area contributed by atoms with E-state index in [-0.39, 0.29) is 0 Å². The van der Waals surface area contributed by atoms with Gasteiger partial charge in [0.15, 0.2) is 0 Å². The molecule has 0 amide bonds. The first-order chi connectivity index (χ1) is 10.4. The van der Waals surface area contributed by atoms with Crippen LogP contribution in [0.4, 0.5) is 0 Å². The minimum Gasteiger partial charge on any atom is -0.245 e. The molecule has 0 fully saturated rings. The van der Waals surface area contributed by atoms with Crippen LogP contribution in [0.1, 0.15) is 0 Å². The molecule has 0 spiro atoms. The summed E-state index contributed by atoms with van der Waals surface area (Å²) in [6.07, 6.45) is 3.13. The van der Waals surface area contributed by atoms with Crippen molar-refractivity contribution in [1.29, 1.82) is 0 Å². The first-order valence-corrected chi connectivity index (χ1v) is 7.54. The second-order valence-electron chi connectivity index (χ2n) is 3.88. The molecule has 0 saturated heterocycles. The van der Waals surface area contributed by atoms with E-state index in [1.165, 1.54) is 17.5 Å². The molecule has 0 unspecified atom stereocenters. The van der Waals surface area contributed by atoms with Gasteiger partial charge in [0, 0.05) is 12.6 Å². The molecule has 1 nitrogen and oxygen atoms in total. The lowest BCUT2D eigenvalue weighted by atomic mass is 10.1. The number of benzene rings is 2. The molecule has 0 aliphatic rings. The predicted octanol–water partition coefficient (Wildman–Crippen LogP) is 5.94. The highest BCUT2D eigenvalue weighted by atomic mass is 35.5. The molecule has 0 N–H and O–H groups in total. The van der Waals surface area contributed by atoms with Gasteiger partial charge in [-0.25, -0.2) is 4.98 Å². The van der Waals surface area contributed by atoms with Gasteiger partial charge in [-0.05, 0) is 23.3 Å². The van der Waals surface area contributed by atoms with Crippen LogP contribution >= 0.6 is 23.2 Å². The zero-order valence-corrected chi connectivity index (χ0v) is 13.3. The normalized spacial score (nSPS) is 8.71. The Hall–Kier alpha value is -1.83. The van der Waals surface area contributed by atoms with Crippen molar-refractivity contribution in [3.63, 3.8) is 0 Å². The summed E-state index contributed by atoms with van der Waals surface area (Å²) in [6.45, 7) is 0. The summed E-state index contributed by atoms with van der Waals surface area (Å²) in [5.74, 6) is 0. The van der Waals surface area contributed by atoms with Crippen LogP contribution in [-0.4, -0.2) is 11.4 Å². The van der Waals surface area contributed by atoms with Crippen LogP contribution in [0.15, 0.2) is 85.1 Å². The molecule has 0 atom stereocenters. The fourth-order valence-corrected chi connectivity index (χ4v) is 1.73. The molecule has 2 aromatic carbocycles. The summed E-state index contributed by atoms with van der Waals surface area (Å²) in [4.78, 5) is 3.74. The maximum Gasteiger partial charge on any atom is 0.129 e. The Kier molecular flexibility index (Phi) is 8.94. The van der Waals surface area contributed by atoms with Gasteiger partial charge in [-0.3, -0.25) is 0 Å². The highest BCUT2D eigenvalue weighted by molar-refractivity contribution is 6.29. The van der Waals surface area contributed by atoms with E-state index >= 15 is 0 Å². The lowest BCUT2D eigenvalue weighted by Gasteiger charge is -1.98. The molecule has 3 heteroatoms. The van der Waals surface area contributed by atoms with Gasteiger partial charge in [-0.2, -0.15) is 0 Å². The lowest BCUT2D eigenvalue weighted by molar-refractivity contribution is 1.33. The molecule has 3 aromatic rings. The van der Waals surface area contributed by atoms with Gasteiger partial charge in [-0.1, -0.05) is 78.3 Å². The highest BCUT2D eigenvalue weighted by Gasteiger charge is 1.91. The first kappa shape index (κ1) is 17.2. The lowest BCUT2D eigenvalue weighted by Crippen LogP contribution is -1.73. The van der Waals surface area contributed by atoms with Gasteiger partial charge in [0.05, 0.1) is 0 Å². The van der Waals surface area contributed by atoms with E-state index in [0.29, 0.717) is 5.15 Å². The maximum atomic E-state index is 5.43. The minimum absolute atomic E-state index is 0.544. The summed E-state index contributed by atoms with van der Waals surface area (Å²) in [5, 5.41) is 0.544. The molecular weight excluding hydrogens is 301 g/mol. The molecule has 21 heavy (non-hydrogen) atoms. The van der Waals surface area contributed by atoms with Crippen molar-refractivity contribution in [2.45, 2.75) is 0 Å². The van der Waals surface area contributed by atoms with Crippen molar-refractivity contribution in [2.24, 2.45) is 0 Å². The monoisotopic (exact) mass is 317 g/mol. The number of aromatic nitrogens is 1. The molecule has 0 radical (unpaired) electrons. The van der Waals surface area contributed by atoms with Crippen LogP contribution < -0.4 is 0 Å². The van der Waals surface area contributed by atoms with Crippen molar-refractivity contribution >= 4 is 23.2 Å². The average molecular weight is 318 g/mol. The van der Waals surface area contributed by atoms with Gasteiger partial charge in [0.25, 0.3) is 0 Å². The Bertz CT molecular complexity index is 546. The smallest absolute Gasteiger partial charge is 0.129 e. The van der Waals surface area contributed by atoms with Gasteiger partial charge < -0.3 is 0 Å². The van der Waals surface area contributed by atoms with Gasteiger partial charge in [0.2, 0.25) is 0 Å². The standard InChI is InChI=1S/C12H10.C5H4ClN.CH3Cl/c1-3-7-11(8-4-1)12-9-5-2-6-10-12;6-5-3-1-2-4-7-5;1-2/h1-10H;1-4H;1H3. The van der Waals surface area contributed by atoms with Crippen molar-refractivity contribution in [3.05, 3.63) is 90.2 Å². The molecule has 1 heterocycles. The van der Waals surface area contributed by atoms with E-state index in [4.69, 9.17) is 11.6 Å². The summed E-state index contributed by atoms with van der Waals surface area (Å²) in [6, 6.07) is 26.2. The van der Waals surface area contributed by atoms with Crippen LogP contribution in [0.5, 0.6) is 0 Å². The number of nitrogens with zero attached hydrogens (tertiary/aromatic N) is 1. The van der Waals surface area contributed by atoms with Crippen molar-refractivity contribution in [1.82, 2.24) is 4.98 Å². The van der Waals surface area contributed by atoms with E-state index in [9.17, 15) is 0 Å². The fourth-order valence-electron chi connectivity index (χ4n) is 1.60. The topological polar surface area (TPSA) is 12.9 Å². The molecule has 0 aliphatic heterocycles. The first-order valence-electron chi connectivity index (χ1n) is 6.41. The van der Waals surface area contributed by atoms with Gasteiger partial charge >= 0.3 is 0 Å². The third kappa shape index (κ3) is 6.94. The third-order valence-electron chi connectivity index (χ3n) is 2.51. The Morgan fingerprint density at radius 2 is 1.05 bits per heavy atom. The Balaban J connectivity index is 0.000000210. The van der Waals surface area contributed by atoms with Gasteiger partial charge in [-0.15, -0.1) is 11.6 Å². The molecule has 0 saturated carbocycles. The maximum absolute atomic E-state index is 5.43. The zero-order chi connectivity index (χ0) is 15.3. The van der Waals surface area contributed by atoms with Crippen LogP contribution in [0.25, 0.3) is 11.1 Å². The van der Waals surface area contributed by atoms with Crippen molar-refractivity contribution in [2.75, 3.05) is 6.38 Å². The summed E-state index contributed by atoms with van der Waals surface area (Å²) < 4.78 is 0. The SMILES string of the molecule is CCl.Clc1ccccn1.c1ccc(-c2ccccc2)cc1. The number of alkyl halides is 1. The van der Waals surface area contributed by atoms with E-state index in [1.807, 2.05) is 24.3 Å². The number of hydrogen-bond donors (Lipinski definition) is 0. The number of pyridine rings is 1. The summed E-state index contributed by atoms with van der Waals surface area (Å²) in [7, 11) is 0. The highest BCUT2D eigenvalue weighted by Crippen LogP contribution is 2.17. The van der Waals surface area contributed by atoms with E-state index in [0.717, 1.165) is 0 Å². The number of rotatable bonds is 1. The largest absolute Gasteiger partial charge is 0.245 e. The zero-order valence-electron chi connectivity index (χ0n) is 11.8. The van der Waals surface area contributed by atoms with Gasteiger partial charge in [0.1, 0.15) is 5.15 Å². The Morgan fingerprint density at radius 3 is 1.33 bits per heavy atom. The minimum atomic E-state index is 0.544. The molecule has 0 aliphatic carbocycles. The average Bonchev–Trinajstić information content (AvgIpc) is 2.60. The van der Waals surface area contributed by atoms with E-state index in [2.05, 4.69) is 65.1 Å². The summed E-state index contributed by atoms with van der Waals surface area (Å²) in [5.41, 5.74) is 2.55. The number of halogens is 2. The third-order valence-corrected chi connectivity index (χ3v) is 2.73. The second kappa shape index (κ2) is 10.9. The molecule has 108 valence electrons.